The number of sulfonamides is 1. The van der Waals surface area contributed by atoms with Crippen molar-refractivity contribution < 1.29 is 17.9 Å². The largest absolute Gasteiger partial charge is 0.465 e. The third-order valence-electron chi connectivity index (χ3n) is 1.80. The van der Waals surface area contributed by atoms with Gasteiger partial charge in [0.05, 0.1) is 23.4 Å². The fourth-order valence-corrected chi connectivity index (χ4v) is 2.15. The van der Waals surface area contributed by atoms with Crippen LogP contribution in [0.1, 0.15) is 10.4 Å². The molecule has 0 aromatic heterocycles. The number of halogens is 1. The van der Waals surface area contributed by atoms with Gasteiger partial charge in [0.2, 0.25) is 10.0 Å². The van der Waals surface area contributed by atoms with E-state index in [0.717, 1.165) is 13.2 Å². The summed E-state index contributed by atoms with van der Waals surface area (Å²) >= 11 is 5.66. The lowest BCUT2D eigenvalue weighted by Gasteiger charge is -2.07. The minimum Gasteiger partial charge on any atom is -0.465 e. The van der Waals surface area contributed by atoms with E-state index in [4.69, 9.17) is 22.5 Å². The van der Waals surface area contributed by atoms with Crippen molar-refractivity contribution in [2.75, 3.05) is 12.8 Å². The highest BCUT2D eigenvalue weighted by Gasteiger charge is 2.19. The lowest BCUT2D eigenvalue weighted by molar-refractivity contribution is 0.0600. The molecule has 4 N–H and O–H groups in total. The number of rotatable bonds is 2. The van der Waals surface area contributed by atoms with E-state index >= 15 is 0 Å². The predicted molar refractivity (Wildman–Crippen MR) is 58.6 cm³/mol. The number of anilines is 1. The summed E-state index contributed by atoms with van der Waals surface area (Å²) in [6.45, 7) is 0. The van der Waals surface area contributed by atoms with Gasteiger partial charge < -0.3 is 10.5 Å². The minimum atomic E-state index is -4.04. The molecule has 0 aliphatic carbocycles. The van der Waals surface area contributed by atoms with Crippen LogP contribution in [0.15, 0.2) is 17.0 Å². The van der Waals surface area contributed by atoms with Gasteiger partial charge in [0.15, 0.2) is 0 Å². The van der Waals surface area contributed by atoms with Crippen LogP contribution in [0.4, 0.5) is 5.69 Å². The molecule has 0 heterocycles. The van der Waals surface area contributed by atoms with Gasteiger partial charge in [-0.05, 0) is 12.1 Å². The Bertz CT molecular complexity index is 541. The van der Waals surface area contributed by atoms with Crippen molar-refractivity contribution in [1.29, 1.82) is 0 Å². The number of ether oxygens (including phenoxy) is 1. The summed E-state index contributed by atoms with van der Waals surface area (Å²) in [4.78, 5) is 10.8. The number of carbonyl (C=O) groups is 1. The molecule has 1 aromatic carbocycles. The monoisotopic (exact) mass is 264 g/mol. The Morgan fingerprint density at radius 3 is 2.44 bits per heavy atom. The molecule has 0 radical (unpaired) electrons. The highest BCUT2D eigenvalue weighted by atomic mass is 35.5. The molecule has 0 aliphatic rings. The van der Waals surface area contributed by atoms with Gasteiger partial charge in [-0.25, -0.2) is 18.4 Å². The predicted octanol–water partition coefficient (Wildman–Crippen LogP) is 0.356. The van der Waals surface area contributed by atoms with Crippen molar-refractivity contribution in [3.8, 4) is 0 Å². The smallest absolute Gasteiger partial charge is 0.337 e. The first-order valence-corrected chi connectivity index (χ1v) is 5.90. The topological polar surface area (TPSA) is 112 Å². The number of esters is 1. The summed E-state index contributed by atoms with van der Waals surface area (Å²) in [5, 5.41) is 4.70. The lowest BCUT2D eigenvalue weighted by Crippen LogP contribution is -2.15. The van der Waals surface area contributed by atoms with Crippen molar-refractivity contribution >= 4 is 33.3 Å². The second-order valence-electron chi connectivity index (χ2n) is 2.91. The fraction of sp³-hybridized carbons (Fsp3) is 0.125. The molecule has 1 aromatic rings. The molecule has 6 nitrogen and oxygen atoms in total. The number of methoxy groups -OCH3 is 1. The van der Waals surface area contributed by atoms with Gasteiger partial charge in [0.1, 0.15) is 4.90 Å². The molecule has 0 bridgehead atoms. The number of hydrogen-bond acceptors (Lipinski definition) is 5. The summed E-state index contributed by atoms with van der Waals surface area (Å²) in [7, 11) is -2.88. The van der Waals surface area contributed by atoms with Crippen molar-refractivity contribution in [1.82, 2.24) is 0 Å². The van der Waals surface area contributed by atoms with E-state index in [1.807, 2.05) is 0 Å². The molecule has 8 heteroatoms. The van der Waals surface area contributed by atoms with Gasteiger partial charge in [-0.2, -0.15) is 0 Å². The molecule has 0 saturated carbocycles. The highest BCUT2D eigenvalue weighted by Crippen LogP contribution is 2.28. The molecule has 0 aliphatic heterocycles. The maximum atomic E-state index is 11.2. The average molecular weight is 265 g/mol. The molecular weight excluding hydrogens is 256 g/mol. The number of primary sulfonamides is 1. The van der Waals surface area contributed by atoms with E-state index in [9.17, 15) is 13.2 Å². The highest BCUT2D eigenvalue weighted by molar-refractivity contribution is 7.89. The maximum Gasteiger partial charge on any atom is 0.337 e. The number of benzene rings is 1. The SMILES string of the molecule is COC(=O)c1cc(N)c(Cl)c(S(N)(=O)=O)c1. The van der Waals surface area contributed by atoms with Crippen LogP contribution in [-0.4, -0.2) is 21.5 Å². The summed E-state index contributed by atoms with van der Waals surface area (Å²) < 4.78 is 26.7. The van der Waals surface area contributed by atoms with Gasteiger partial charge in [-0.15, -0.1) is 0 Å². The Kier molecular flexibility index (Phi) is 3.41. The van der Waals surface area contributed by atoms with Crippen LogP contribution in [0.5, 0.6) is 0 Å². The Morgan fingerprint density at radius 1 is 1.44 bits per heavy atom. The van der Waals surface area contributed by atoms with Crippen molar-refractivity contribution in [2.45, 2.75) is 4.90 Å². The molecule has 16 heavy (non-hydrogen) atoms. The second-order valence-corrected chi connectivity index (χ2v) is 4.82. The van der Waals surface area contributed by atoms with Crippen molar-refractivity contribution in [2.24, 2.45) is 5.14 Å². The second kappa shape index (κ2) is 4.28. The third-order valence-corrected chi connectivity index (χ3v) is 3.26. The van der Waals surface area contributed by atoms with Crippen molar-refractivity contribution in [3.63, 3.8) is 0 Å². The molecule has 0 amide bonds. The van der Waals surface area contributed by atoms with Crippen LogP contribution < -0.4 is 10.9 Å². The maximum absolute atomic E-state index is 11.2. The van der Waals surface area contributed by atoms with Gasteiger partial charge in [0.25, 0.3) is 0 Å². The first kappa shape index (κ1) is 12.8. The summed E-state index contributed by atoms with van der Waals surface area (Å²) in [5.41, 5.74) is 5.36. The standard InChI is InChI=1S/C8H9ClN2O4S/c1-15-8(12)4-2-5(10)7(9)6(3-4)16(11,13)14/h2-3H,10H2,1H3,(H2,11,13,14). The van der Waals surface area contributed by atoms with Gasteiger partial charge in [-0.1, -0.05) is 11.6 Å². The zero-order valence-corrected chi connectivity index (χ0v) is 9.80. The zero-order valence-electron chi connectivity index (χ0n) is 8.23. The van der Waals surface area contributed by atoms with Gasteiger partial charge in [0, 0.05) is 0 Å². The van der Waals surface area contributed by atoms with Crippen LogP contribution in [0.25, 0.3) is 0 Å². The van der Waals surface area contributed by atoms with E-state index in [1.165, 1.54) is 6.07 Å². The van der Waals surface area contributed by atoms with Crippen LogP contribution >= 0.6 is 11.6 Å². The first-order valence-electron chi connectivity index (χ1n) is 3.97. The van der Waals surface area contributed by atoms with Crippen LogP contribution in [0.3, 0.4) is 0 Å². The number of hydrogen-bond donors (Lipinski definition) is 2. The van der Waals surface area contributed by atoms with E-state index < -0.39 is 20.9 Å². The van der Waals surface area contributed by atoms with Crippen LogP contribution in [0, 0.1) is 0 Å². The summed E-state index contributed by atoms with van der Waals surface area (Å²) in [6.07, 6.45) is 0. The number of carbonyl (C=O) groups excluding carboxylic acids is 1. The Hall–Kier alpha value is -1.31. The summed E-state index contributed by atoms with van der Waals surface area (Å²) in [6, 6.07) is 2.22. The molecule has 0 unspecified atom stereocenters. The van der Waals surface area contributed by atoms with Gasteiger partial charge in [-0.3, -0.25) is 0 Å². The molecular formula is C8H9ClN2O4S. The zero-order chi connectivity index (χ0) is 12.5. The fourth-order valence-electron chi connectivity index (χ4n) is 1.06. The third kappa shape index (κ3) is 2.43. The summed E-state index contributed by atoms with van der Waals surface area (Å²) in [5.74, 6) is -0.728. The normalized spacial score (nSPS) is 11.2. The van der Waals surface area contributed by atoms with E-state index in [1.54, 1.807) is 0 Å². The van der Waals surface area contributed by atoms with Crippen LogP contribution in [0.2, 0.25) is 5.02 Å². The molecule has 88 valence electrons. The lowest BCUT2D eigenvalue weighted by atomic mass is 10.2. The van der Waals surface area contributed by atoms with Crippen molar-refractivity contribution in [3.05, 3.63) is 22.7 Å². The molecule has 0 fully saturated rings. The van der Waals surface area contributed by atoms with E-state index in [-0.39, 0.29) is 16.3 Å². The van der Waals surface area contributed by atoms with E-state index in [0.29, 0.717) is 0 Å². The Morgan fingerprint density at radius 2 is 2.00 bits per heavy atom. The first-order chi connectivity index (χ1) is 7.27. The number of nitrogen functional groups attached to an aromatic ring is 1. The molecule has 0 atom stereocenters. The Balaban J connectivity index is 3.52. The average Bonchev–Trinajstić information content (AvgIpc) is 2.18. The molecule has 0 saturated heterocycles. The van der Waals surface area contributed by atoms with Crippen LogP contribution in [-0.2, 0) is 14.8 Å². The van der Waals surface area contributed by atoms with Gasteiger partial charge >= 0.3 is 5.97 Å². The quantitative estimate of drug-likeness (QED) is 0.591. The molecule has 1 rings (SSSR count). The molecule has 0 spiro atoms. The Labute approximate surface area is 97.2 Å². The minimum absolute atomic E-state index is 0.0339. The van der Waals surface area contributed by atoms with E-state index in [2.05, 4.69) is 4.74 Å². The number of nitrogens with two attached hydrogens (primary N) is 2.